The molecule has 100 valence electrons. The summed E-state index contributed by atoms with van der Waals surface area (Å²) in [6.45, 7) is 0. The van der Waals surface area contributed by atoms with Crippen LogP contribution in [0.1, 0.15) is 17.2 Å². The number of nitrogens with zero attached hydrogens (tertiary/aromatic N) is 1. The zero-order chi connectivity index (χ0) is 14.1. The summed E-state index contributed by atoms with van der Waals surface area (Å²) < 4.78 is 0.961. The summed E-state index contributed by atoms with van der Waals surface area (Å²) in [7, 11) is 0. The Morgan fingerprint density at radius 3 is 2.75 bits per heavy atom. The predicted octanol–water partition coefficient (Wildman–Crippen LogP) is 4.73. The number of aromatic nitrogens is 1. The molecule has 4 heteroatoms. The van der Waals surface area contributed by atoms with Crippen LogP contribution in [-0.4, -0.2) is 10.1 Å². The molecule has 0 amide bonds. The highest BCUT2D eigenvalue weighted by molar-refractivity contribution is 9.10. The van der Waals surface area contributed by atoms with Crippen molar-refractivity contribution in [2.75, 3.05) is 0 Å². The van der Waals surface area contributed by atoms with Crippen molar-refractivity contribution in [1.82, 2.24) is 4.98 Å². The largest absolute Gasteiger partial charge is 0.384 e. The third-order valence-electron chi connectivity index (χ3n) is 3.21. The Bertz CT molecular complexity index is 775. The minimum absolute atomic E-state index is 0.607. The van der Waals surface area contributed by atoms with Gasteiger partial charge in [-0.15, -0.1) is 0 Å². The molecule has 0 aliphatic carbocycles. The zero-order valence-corrected chi connectivity index (χ0v) is 12.8. The monoisotopic (exact) mass is 347 g/mol. The van der Waals surface area contributed by atoms with Gasteiger partial charge in [0.25, 0.3) is 0 Å². The molecule has 3 rings (SSSR count). The van der Waals surface area contributed by atoms with Gasteiger partial charge in [-0.1, -0.05) is 51.8 Å². The number of rotatable bonds is 2. The third kappa shape index (κ3) is 2.44. The molecule has 1 heterocycles. The summed E-state index contributed by atoms with van der Waals surface area (Å²) in [4.78, 5) is 4.39. The van der Waals surface area contributed by atoms with Crippen molar-refractivity contribution >= 4 is 38.4 Å². The van der Waals surface area contributed by atoms with E-state index in [1.165, 1.54) is 0 Å². The fourth-order valence-electron chi connectivity index (χ4n) is 2.24. The summed E-state index contributed by atoms with van der Waals surface area (Å²) in [5.41, 5.74) is 2.31. The van der Waals surface area contributed by atoms with Gasteiger partial charge >= 0.3 is 0 Å². The molecule has 1 unspecified atom stereocenters. The molecule has 0 aliphatic heterocycles. The van der Waals surface area contributed by atoms with E-state index in [0.29, 0.717) is 5.02 Å². The van der Waals surface area contributed by atoms with Crippen molar-refractivity contribution in [3.05, 3.63) is 75.4 Å². The highest BCUT2D eigenvalue weighted by atomic mass is 79.9. The maximum Gasteiger partial charge on any atom is 0.106 e. The molecule has 0 radical (unpaired) electrons. The van der Waals surface area contributed by atoms with E-state index < -0.39 is 6.10 Å². The van der Waals surface area contributed by atoms with E-state index in [1.54, 1.807) is 18.3 Å². The first-order valence-corrected chi connectivity index (χ1v) is 7.30. The Morgan fingerprint density at radius 1 is 1.10 bits per heavy atom. The first kappa shape index (κ1) is 13.6. The van der Waals surface area contributed by atoms with Crippen molar-refractivity contribution in [3.8, 4) is 0 Å². The minimum atomic E-state index is -0.751. The first-order chi connectivity index (χ1) is 9.66. The average Bonchev–Trinajstić information content (AvgIpc) is 2.47. The number of pyridine rings is 1. The van der Waals surface area contributed by atoms with Crippen molar-refractivity contribution in [3.63, 3.8) is 0 Å². The van der Waals surface area contributed by atoms with Gasteiger partial charge in [-0.25, -0.2) is 0 Å². The lowest BCUT2D eigenvalue weighted by atomic mass is 9.99. The zero-order valence-electron chi connectivity index (χ0n) is 10.4. The molecule has 0 bridgehead atoms. The molecule has 2 aromatic carbocycles. The van der Waals surface area contributed by atoms with Gasteiger partial charge in [0.15, 0.2) is 0 Å². The number of hydrogen-bond donors (Lipinski definition) is 1. The van der Waals surface area contributed by atoms with Gasteiger partial charge in [0.1, 0.15) is 6.10 Å². The predicted molar refractivity (Wildman–Crippen MR) is 85.0 cm³/mol. The Kier molecular flexibility index (Phi) is 3.74. The molecule has 0 saturated carbocycles. The molecule has 1 N–H and O–H groups in total. The molecule has 0 fully saturated rings. The molecule has 0 aliphatic rings. The van der Waals surface area contributed by atoms with Crippen LogP contribution in [0.3, 0.4) is 0 Å². The van der Waals surface area contributed by atoms with Gasteiger partial charge in [-0.05, 0) is 29.8 Å². The standard InChI is InChI=1S/C16H11BrClNO/c17-14-7-6-13(15-12(14)5-2-8-19-15)16(20)10-3-1-4-11(18)9-10/h1-9,16,20H. The lowest BCUT2D eigenvalue weighted by Gasteiger charge is -2.14. The van der Waals surface area contributed by atoms with Crippen molar-refractivity contribution in [2.24, 2.45) is 0 Å². The molecular formula is C16H11BrClNO. The van der Waals surface area contributed by atoms with Crippen LogP contribution < -0.4 is 0 Å². The highest BCUT2D eigenvalue weighted by Crippen LogP contribution is 2.32. The first-order valence-electron chi connectivity index (χ1n) is 6.13. The highest BCUT2D eigenvalue weighted by Gasteiger charge is 2.15. The van der Waals surface area contributed by atoms with Gasteiger partial charge in [0.2, 0.25) is 0 Å². The Labute approximate surface area is 130 Å². The van der Waals surface area contributed by atoms with Crippen molar-refractivity contribution in [2.45, 2.75) is 6.10 Å². The Balaban J connectivity index is 2.17. The van der Waals surface area contributed by atoms with Crippen LogP contribution in [0.5, 0.6) is 0 Å². The van der Waals surface area contributed by atoms with E-state index in [1.807, 2.05) is 36.4 Å². The van der Waals surface area contributed by atoms with E-state index in [2.05, 4.69) is 20.9 Å². The van der Waals surface area contributed by atoms with E-state index >= 15 is 0 Å². The van der Waals surface area contributed by atoms with E-state index in [9.17, 15) is 5.11 Å². The van der Waals surface area contributed by atoms with Gasteiger partial charge in [-0.3, -0.25) is 4.98 Å². The number of benzene rings is 2. The van der Waals surface area contributed by atoms with Crippen LogP contribution in [0.25, 0.3) is 10.9 Å². The van der Waals surface area contributed by atoms with Gasteiger partial charge in [0, 0.05) is 26.6 Å². The number of fused-ring (bicyclic) bond motifs is 1. The van der Waals surface area contributed by atoms with Crippen LogP contribution in [0.4, 0.5) is 0 Å². The molecule has 1 aromatic heterocycles. The molecule has 1 atom stereocenters. The molecule has 3 aromatic rings. The number of halogens is 2. The van der Waals surface area contributed by atoms with Crippen LogP contribution in [0, 0.1) is 0 Å². The van der Waals surface area contributed by atoms with Crippen LogP contribution >= 0.6 is 27.5 Å². The molecular weight excluding hydrogens is 338 g/mol. The second-order valence-electron chi connectivity index (χ2n) is 4.49. The van der Waals surface area contributed by atoms with E-state index in [0.717, 1.165) is 26.5 Å². The maximum absolute atomic E-state index is 10.6. The van der Waals surface area contributed by atoms with Gasteiger partial charge in [-0.2, -0.15) is 0 Å². The number of aliphatic hydroxyl groups excluding tert-OH is 1. The molecule has 0 saturated heterocycles. The SMILES string of the molecule is OC(c1cccc(Cl)c1)c1ccc(Br)c2cccnc12. The quantitative estimate of drug-likeness (QED) is 0.726. The summed E-state index contributed by atoms with van der Waals surface area (Å²) in [5.74, 6) is 0. The summed E-state index contributed by atoms with van der Waals surface area (Å²) >= 11 is 9.49. The average molecular weight is 349 g/mol. The lowest BCUT2D eigenvalue weighted by molar-refractivity contribution is 0.221. The summed E-state index contributed by atoms with van der Waals surface area (Å²) in [6.07, 6.45) is 0.974. The maximum atomic E-state index is 10.6. The number of aliphatic hydroxyl groups is 1. The summed E-state index contributed by atoms with van der Waals surface area (Å²) in [5, 5.41) is 12.2. The number of hydrogen-bond acceptors (Lipinski definition) is 2. The van der Waals surface area contributed by atoms with Crippen LogP contribution in [-0.2, 0) is 0 Å². The Hall–Kier alpha value is -1.42. The van der Waals surface area contributed by atoms with Crippen LogP contribution in [0.2, 0.25) is 5.02 Å². The van der Waals surface area contributed by atoms with Crippen molar-refractivity contribution in [1.29, 1.82) is 0 Å². The van der Waals surface area contributed by atoms with Crippen LogP contribution in [0.15, 0.2) is 59.2 Å². The van der Waals surface area contributed by atoms with Gasteiger partial charge in [0.05, 0.1) is 5.52 Å². The fourth-order valence-corrected chi connectivity index (χ4v) is 2.89. The van der Waals surface area contributed by atoms with E-state index in [4.69, 9.17) is 11.6 Å². The third-order valence-corrected chi connectivity index (χ3v) is 4.13. The second-order valence-corrected chi connectivity index (χ2v) is 5.78. The summed E-state index contributed by atoms with van der Waals surface area (Å²) in [6, 6.07) is 14.9. The smallest absolute Gasteiger partial charge is 0.106 e. The van der Waals surface area contributed by atoms with Crippen molar-refractivity contribution < 1.29 is 5.11 Å². The fraction of sp³-hybridized carbons (Fsp3) is 0.0625. The molecule has 0 spiro atoms. The Morgan fingerprint density at radius 2 is 1.95 bits per heavy atom. The second kappa shape index (κ2) is 5.52. The van der Waals surface area contributed by atoms with E-state index in [-0.39, 0.29) is 0 Å². The molecule has 20 heavy (non-hydrogen) atoms. The molecule has 2 nitrogen and oxygen atoms in total. The normalized spacial score (nSPS) is 12.6. The topological polar surface area (TPSA) is 33.1 Å². The lowest BCUT2D eigenvalue weighted by Crippen LogP contribution is -2.01. The minimum Gasteiger partial charge on any atom is -0.384 e. The van der Waals surface area contributed by atoms with Gasteiger partial charge < -0.3 is 5.11 Å².